The fourth-order valence-corrected chi connectivity index (χ4v) is 3.10. The van der Waals surface area contributed by atoms with Crippen LogP contribution in [0.1, 0.15) is 32.6 Å². The lowest BCUT2D eigenvalue weighted by atomic mass is 9.86. The molecule has 0 atom stereocenters. The van der Waals surface area contributed by atoms with Crippen molar-refractivity contribution in [1.29, 1.82) is 0 Å². The molecule has 0 spiro atoms. The van der Waals surface area contributed by atoms with E-state index in [2.05, 4.69) is 12.1 Å². The maximum Gasteiger partial charge on any atom is 0.335 e. The first-order valence-corrected chi connectivity index (χ1v) is 8.03. The minimum absolute atomic E-state index is 0.378. The Morgan fingerprint density at radius 1 is 0.875 bits per heavy atom. The number of carboxylic acids is 1. The van der Waals surface area contributed by atoms with Gasteiger partial charge in [-0.1, -0.05) is 60.7 Å². The Kier molecular flexibility index (Phi) is 4.48. The second-order valence-electron chi connectivity index (χ2n) is 6.03. The van der Waals surface area contributed by atoms with Gasteiger partial charge in [-0.2, -0.15) is 0 Å². The zero-order chi connectivity index (χ0) is 17.1. The predicted molar refractivity (Wildman–Crippen MR) is 97.6 cm³/mol. The Bertz CT molecular complexity index is 865. The van der Waals surface area contributed by atoms with Gasteiger partial charge in [-0.3, -0.25) is 0 Å². The maximum absolute atomic E-state index is 11.6. The van der Waals surface area contributed by atoms with Crippen LogP contribution < -0.4 is 0 Å². The first kappa shape index (κ1) is 16.0. The van der Waals surface area contributed by atoms with E-state index in [0.29, 0.717) is 5.56 Å². The van der Waals surface area contributed by atoms with Crippen LogP contribution in [0.4, 0.5) is 0 Å². The molecule has 0 saturated carbocycles. The van der Waals surface area contributed by atoms with Crippen LogP contribution in [0, 0.1) is 13.8 Å². The van der Waals surface area contributed by atoms with Gasteiger partial charge in [-0.15, -0.1) is 0 Å². The van der Waals surface area contributed by atoms with Gasteiger partial charge in [-0.05, 0) is 59.7 Å². The largest absolute Gasteiger partial charge is 0.478 e. The molecule has 3 aromatic rings. The van der Waals surface area contributed by atoms with E-state index in [-0.39, 0.29) is 0 Å². The van der Waals surface area contributed by atoms with Crippen molar-refractivity contribution >= 4 is 5.97 Å². The highest BCUT2D eigenvalue weighted by atomic mass is 16.4. The molecule has 0 radical (unpaired) electrons. The Morgan fingerprint density at radius 3 is 2.04 bits per heavy atom. The maximum atomic E-state index is 11.6. The summed E-state index contributed by atoms with van der Waals surface area (Å²) in [6.07, 6.45) is 0.789. The number of hydrogen-bond donors (Lipinski definition) is 1. The number of benzene rings is 3. The Balaban J connectivity index is 2.22. The molecule has 0 aliphatic carbocycles. The number of carbonyl (C=O) groups is 1. The summed E-state index contributed by atoms with van der Waals surface area (Å²) in [7, 11) is 0. The molecule has 0 aliphatic heterocycles. The molecule has 0 amide bonds. The molecule has 1 N–H and O–H groups in total. The van der Waals surface area contributed by atoms with Crippen molar-refractivity contribution in [2.24, 2.45) is 0 Å². The molecule has 2 heteroatoms. The van der Waals surface area contributed by atoms with Crippen molar-refractivity contribution in [2.45, 2.75) is 20.3 Å². The lowest BCUT2D eigenvalue weighted by Gasteiger charge is -2.18. The van der Waals surface area contributed by atoms with Crippen LogP contribution in [0.3, 0.4) is 0 Å². The number of aromatic carboxylic acids is 1. The van der Waals surface area contributed by atoms with Gasteiger partial charge in [0.2, 0.25) is 0 Å². The third-order valence-corrected chi connectivity index (χ3v) is 4.57. The fourth-order valence-electron chi connectivity index (χ4n) is 3.10. The molecule has 0 aromatic heterocycles. The van der Waals surface area contributed by atoms with Crippen LogP contribution >= 0.6 is 0 Å². The van der Waals surface area contributed by atoms with Crippen LogP contribution in [-0.2, 0) is 6.42 Å². The zero-order valence-electron chi connectivity index (χ0n) is 13.9. The Hall–Kier alpha value is -2.87. The average molecular weight is 316 g/mol. The standard InChI is InChI=1S/C22H20O2/c1-15-16(2)20(22(23)24)14-21(18-11-7-4-8-12-18)19(15)13-17-9-5-3-6-10-17/h3-12,14H,13H2,1-2H3,(H,23,24). The van der Waals surface area contributed by atoms with Gasteiger partial charge in [0.05, 0.1) is 5.56 Å². The van der Waals surface area contributed by atoms with Crippen LogP contribution in [0.5, 0.6) is 0 Å². The third kappa shape index (κ3) is 3.09. The fraction of sp³-hybridized carbons (Fsp3) is 0.136. The summed E-state index contributed by atoms with van der Waals surface area (Å²) in [6, 6.07) is 22.1. The molecular weight excluding hydrogens is 296 g/mol. The predicted octanol–water partition coefficient (Wildman–Crippen LogP) is 5.26. The minimum Gasteiger partial charge on any atom is -0.478 e. The Labute approximate surface area is 142 Å². The molecule has 0 unspecified atom stereocenters. The topological polar surface area (TPSA) is 37.3 Å². The zero-order valence-corrected chi connectivity index (χ0v) is 13.9. The molecule has 3 rings (SSSR count). The van der Waals surface area contributed by atoms with Crippen molar-refractivity contribution in [3.8, 4) is 11.1 Å². The van der Waals surface area contributed by atoms with Gasteiger partial charge < -0.3 is 5.11 Å². The molecular formula is C22H20O2. The first-order valence-electron chi connectivity index (χ1n) is 8.03. The molecule has 0 saturated heterocycles. The van der Waals surface area contributed by atoms with Crippen molar-refractivity contribution in [1.82, 2.24) is 0 Å². The summed E-state index contributed by atoms with van der Waals surface area (Å²) in [4.78, 5) is 11.6. The van der Waals surface area contributed by atoms with Crippen LogP contribution in [0.25, 0.3) is 11.1 Å². The average Bonchev–Trinajstić information content (AvgIpc) is 2.60. The second-order valence-corrected chi connectivity index (χ2v) is 6.03. The molecule has 120 valence electrons. The van der Waals surface area contributed by atoms with Gasteiger partial charge in [0.25, 0.3) is 0 Å². The van der Waals surface area contributed by atoms with Crippen LogP contribution in [-0.4, -0.2) is 11.1 Å². The molecule has 3 aromatic carbocycles. The molecule has 0 fully saturated rings. The minimum atomic E-state index is -0.876. The lowest BCUT2D eigenvalue weighted by molar-refractivity contribution is 0.0696. The van der Waals surface area contributed by atoms with Crippen molar-refractivity contribution < 1.29 is 9.90 Å². The van der Waals surface area contributed by atoms with E-state index in [4.69, 9.17) is 0 Å². The van der Waals surface area contributed by atoms with Gasteiger partial charge >= 0.3 is 5.97 Å². The van der Waals surface area contributed by atoms with Crippen LogP contribution in [0.2, 0.25) is 0 Å². The Morgan fingerprint density at radius 2 is 1.46 bits per heavy atom. The number of carboxylic acid groups (broad SMARTS) is 1. The van der Waals surface area contributed by atoms with Gasteiger partial charge in [0.1, 0.15) is 0 Å². The highest BCUT2D eigenvalue weighted by molar-refractivity contribution is 5.92. The third-order valence-electron chi connectivity index (χ3n) is 4.57. The van der Waals surface area contributed by atoms with Crippen molar-refractivity contribution in [2.75, 3.05) is 0 Å². The normalized spacial score (nSPS) is 10.6. The summed E-state index contributed by atoms with van der Waals surface area (Å²) in [5.74, 6) is -0.876. The molecule has 0 aliphatic rings. The van der Waals surface area contributed by atoms with E-state index < -0.39 is 5.97 Å². The summed E-state index contributed by atoms with van der Waals surface area (Å²) >= 11 is 0. The van der Waals surface area contributed by atoms with Crippen LogP contribution in [0.15, 0.2) is 66.7 Å². The first-order chi connectivity index (χ1) is 11.6. The van der Waals surface area contributed by atoms with E-state index in [1.165, 1.54) is 11.1 Å². The van der Waals surface area contributed by atoms with Gasteiger partial charge in [-0.25, -0.2) is 4.79 Å². The summed E-state index contributed by atoms with van der Waals surface area (Å²) in [6.45, 7) is 3.91. The molecule has 24 heavy (non-hydrogen) atoms. The van der Waals surface area contributed by atoms with Gasteiger partial charge in [0, 0.05) is 0 Å². The molecule has 0 bridgehead atoms. The summed E-state index contributed by atoms with van der Waals surface area (Å²) in [5, 5.41) is 9.54. The molecule has 0 heterocycles. The highest BCUT2D eigenvalue weighted by Crippen LogP contribution is 2.32. The van der Waals surface area contributed by atoms with E-state index >= 15 is 0 Å². The monoisotopic (exact) mass is 316 g/mol. The highest BCUT2D eigenvalue weighted by Gasteiger charge is 2.17. The van der Waals surface area contributed by atoms with Crippen molar-refractivity contribution in [3.63, 3.8) is 0 Å². The van der Waals surface area contributed by atoms with E-state index in [1.807, 2.05) is 68.4 Å². The van der Waals surface area contributed by atoms with Crippen molar-refractivity contribution in [3.05, 3.63) is 94.5 Å². The number of rotatable bonds is 4. The summed E-state index contributed by atoms with van der Waals surface area (Å²) < 4.78 is 0. The van der Waals surface area contributed by atoms with E-state index in [9.17, 15) is 9.90 Å². The SMILES string of the molecule is Cc1c(C(=O)O)cc(-c2ccccc2)c(Cc2ccccc2)c1C. The quantitative estimate of drug-likeness (QED) is 0.713. The van der Waals surface area contributed by atoms with Gasteiger partial charge in [0.15, 0.2) is 0 Å². The smallest absolute Gasteiger partial charge is 0.335 e. The lowest BCUT2D eigenvalue weighted by Crippen LogP contribution is -2.06. The molecule has 2 nitrogen and oxygen atoms in total. The second kappa shape index (κ2) is 6.71. The number of hydrogen-bond acceptors (Lipinski definition) is 1. The van der Waals surface area contributed by atoms with E-state index in [0.717, 1.165) is 28.7 Å². The summed E-state index contributed by atoms with van der Waals surface area (Å²) in [5.41, 5.74) is 6.73. The van der Waals surface area contributed by atoms with E-state index in [1.54, 1.807) is 0 Å².